The van der Waals surface area contributed by atoms with Crippen molar-refractivity contribution in [3.05, 3.63) is 352 Å². The zero-order valence-electron chi connectivity index (χ0n) is 56.0. The molecule has 0 aliphatic heterocycles. The van der Waals surface area contributed by atoms with E-state index in [9.17, 15) is 0 Å². The van der Waals surface area contributed by atoms with E-state index in [1.807, 2.05) is 42.5 Å². The summed E-state index contributed by atoms with van der Waals surface area (Å²) in [5, 5.41) is 15.8. The van der Waals surface area contributed by atoms with Crippen LogP contribution in [0, 0.1) is 0 Å². The molecule has 6 aromatic heterocycles. The van der Waals surface area contributed by atoms with Crippen molar-refractivity contribution in [2.45, 2.75) is 0 Å². The van der Waals surface area contributed by atoms with E-state index in [0.29, 0.717) is 0 Å². The average Bonchev–Trinajstić information content (AvgIpc) is 1.44. The summed E-state index contributed by atoms with van der Waals surface area (Å²) >= 11 is 0. The fraction of sp³-hybridized carbons (Fsp3) is 0. The molecule has 0 bridgehead atoms. The van der Waals surface area contributed by atoms with Crippen molar-refractivity contribution in [1.82, 2.24) is 9.97 Å². The van der Waals surface area contributed by atoms with Gasteiger partial charge in [-0.15, -0.1) is 0 Å². The van der Waals surface area contributed by atoms with Gasteiger partial charge >= 0.3 is 0 Å². The predicted octanol–water partition coefficient (Wildman–Crippen LogP) is 27.7. The number of hydrogen-bond acceptors (Lipinski definition) is 6. The third kappa shape index (κ3) is 9.65. The van der Waals surface area contributed by atoms with Gasteiger partial charge in [0.15, 0.2) is 0 Å². The van der Waals surface area contributed by atoms with Crippen molar-refractivity contribution in [2.75, 3.05) is 0 Å². The second-order valence-corrected chi connectivity index (χ2v) is 26.9. The van der Waals surface area contributed by atoms with Crippen molar-refractivity contribution < 1.29 is 17.7 Å². The number of benzene rings is 16. The van der Waals surface area contributed by atoms with Crippen molar-refractivity contribution in [3.63, 3.8) is 0 Å². The number of rotatable bonds is 8. The Labute approximate surface area is 596 Å². The van der Waals surface area contributed by atoms with Gasteiger partial charge in [0.05, 0.1) is 22.4 Å². The Morgan fingerprint density at radius 2 is 0.500 bits per heavy atom. The summed E-state index contributed by atoms with van der Waals surface area (Å²) in [5.74, 6) is 0. The van der Waals surface area contributed by atoms with Crippen molar-refractivity contribution in [1.29, 1.82) is 0 Å². The van der Waals surface area contributed by atoms with E-state index in [0.717, 1.165) is 187 Å². The zero-order valence-corrected chi connectivity index (χ0v) is 56.0. The van der Waals surface area contributed by atoms with Gasteiger partial charge in [-0.2, -0.15) is 0 Å². The summed E-state index contributed by atoms with van der Waals surface area (Å²) in [4.78, 5) is 10.6. The number of hydrogen-bond donors (Lipinski definition) is 0. The topological polar surface area (TPSA) is 78.3 Å². The standard InChI is InChI=1S/2C49H29NO2/c1-2-12-31(13-3-1)45-47-36-16-4-7-20-40(36)50-49(39(47)29-44-48(45)38-18-6-9-22-42(38)52-44)32-26-24-30(25-27-32)33-14-10-15-34(28-33)35-19-11-23-43-46(35)37-17-5-8-21-41(37)51-43;1-2-11-31(12-3-1)46-47-37-16-4-7-18-41(37)50-49(40(47)29-45-48(46)38-17-6-9-20-43(38)52-45)32-23-21-30(22-24-32)33-13-10-14-34(27-33)35-25-26-44-39(28-35)36-15-5-8-19-42(36)51-44/h2*1-29H. The molecule has 0 N–H and O–H groups in total. The average molecular weight is 1330 g/mol. The fourth-order valence-corrected chi connectivity index (χ4v) is 16.2. The minimum atomic E-state index is 0.861. The lowest BCUT2D eigenvalue weighted by Crippen LogP contribution is -1.93. The first kappa shape index (κ1) is 59.0. The van der Waals surface area contributed by atoms with Gasteiger partial charge in [0.1, 0.15) is 44.7 Å². The Morgan fingerprint density at radius 1 is 0.163 bits per heavy atom. The van der Waals surface area contributed by atoms with E-state index in [4.69, 9.17) is 27.6 Å². The molecular weight excluding hydrogens is 1270 g/mol. The van der Waals surface area contributed by atoms with Crippen LogP contribution in [0.3, 0.4) is 0 Å². The van der Waals surface area contributed by atoms with Crippen LogP contribution >= 0.6 is 0 Å². The SMILES string of the molecule is c1ccc(-c2c3c(cc4c(-c5ccc(-c6cccc(-c7ccc8oc9ccccc9c8c7)c6)cc5)nc5ccccc5c24)oc2ccccc23)cc1.c1ccc(-c2c3c(cc4c(-c5ccc(-c6cccc(-c7cccc8oc9ccccc9c78)c6)cc5)nc5ccccc5c24)oc2ccccc23)cc1. The molecule has 0 saturated carbocycles. The number of furan rings is 4. The summed E-state index contributed by atoms with van der Waals surface area (Å²) in [6, 6.07) is 124. The smallest absolute Gasteiger partial charge is 0.136 e. The zero-order chi connectivity index (χ0) is 68.3. The number of nitrogens with zero attached hydrogens (tertiary/aromatic N) is 2. The molecule has 0 aliphatic carbocycles. The van der Waals surface area contributed by atoms with Crippen molar-refractivity contribution in [2.24, 2.45) is 0 Å². The lowest BCUT2D eigenvalue weighted by Gasteiger charge is -2.16. The monoisotopic (exact) mass is 1330 g/mol. The highest BCUT2D eigenvalue weighted by atomic mass is 16.3. The largest absolute Gasteiger partial charge is 0.456 e. The summed E-state index contributed by atoms with van der Waals surface area (Å²) in [6.07, 6.45) is 0. The van der Waals surface area contributed by atoms with Gasteiger partial charge in [0.2, 0.25) is 0 Å². The highest BCUT2D eigenvalue weighted by Crippen LogP contribution is 2.50. The molecule has 0 unspecified atom stereocenters. The maximum atomic E-state index is 6.56. The van der Waals surface area contributed by atoms with Gasteiger partial charge in [-0.05, 0) is 134 Å². The van der Waals surface area contributed by atoms with Gasteiger partial charge in [0, 0.05) is 97.7 Å². The van der Waals surface area contributed by atoms with Crippen molar-refractivity contribution >= 4 is 131 Å². The van der Waals surface area contributed by atoms with E-state index >= 15 is 0 Å². The number of aromatic nitrogens is 2. The molecule has 0 atom stereocenters. The maximum absolute atomic E-state index is 6.56. The van der Waals surface area contributed by atoms with Crippen LogP contribution in [0.15, 0.2) is 370 Å². The second-order valence-electron chi connectivity index (χ2n) is 26.9. The normalized spacial score (nSPS) is 11.8. The Hall–Kier alpha value is -13.9. The van der Waals surface area contributed by atoms with Crippen LogP contribution in [0.25, 0.3) is 220 Å². The summed E-state index contributed by atoms with van der Waals surface area (Å²) < 4.78 is 25.4. The molecule has 0 amide bonds. The van der Waals surface area contributed by atoms with E-state index < -0.39 is 0 Å². The molecule has 0 aliphatic rings. The maximum Gasteiger partial charge on any atom is 0.136 e. The molecule has 6 nitrogen and oxygen atoms in total. The van der Waals surface area contributed by atoms with Crippen molar-refractivity contribution in [3.8, 4) is 89.3 Å². The molecule has 104 heavy (non-hydrogen) atoms. The Morgan fingerprint density at radius 3 is 1.02 bits per heavy atom. The van der Waals surface area contributed by atoms with Gasteiger partial charge in [-0.3, -0.25) is 0 Å². The van der Waals surface area contributed by atoms with Crippen LogP contribution < -0.4 is 0 Å². The molecule has 0 fully saturated rings. The minimum Gasteiger partial charge on any atom is -0.456 e. The molecule has 6 heterocycles. The van der Waals surface area contributed by atoms with Crippen LogP contribution in [0.4, 0.5) is 0 Å². The minimum absolute atomic E-state index is 0.861. The summed E-state index contributed by atoms with van der Waals surface area (Å²) in [5.41, 5.74) is 26.9. The van der Waals surface area contributed by atoms with E-state index in [2.05, 4.69) is 309 Å². The van der Waals surface area contributed by atoms with Crippen LogP contribution in [-0.2, 0) is 0 Å². The molecule has 6 heteroatoms. The van der Waals surface area contributed by atoms with Crippen LogP contribution in [0.1, 0.15) is 0 Å². The molecule has 22 aromatic rings. The lowest BCUT2D eigenvalue weighted by molar-refractivity contribution is 0.668. The van der Waals surface area contributed by atoms with Crippen LogP contribution in [0.2, 0.25) is 0 Å². The molecule has 0 saturated heterocycles. The van der Waals surface area contributed by atoms with Crippen LogP contribution in [-0.4, -0.2) is 9.97 Å². The first-order chi connectivity index (χ1) is 51.5. The second kappa shape index (κ2) is 23.9. The fourth-order valence-electron chi connectivity index (χ4n) is 16.2. The van der Waals surface area contributed by atoms with Gasteiger partial charge < -0.3 is 17.7 Å². The first-order valence-corrected chi connectivity index (χ1v) is 35.2. The van der Waals surface area contributed by atoms with Gasteiger partial charge in [-0.1, -0.05) is 273 Å². The number of para-hydroxylation sites is 6. The third-order valence-corrected chi connectivity index (χ3v) is 20.9. The Kier molecular flexibility index (Phi) is 13.5. The molecule has 484 valence electrons. The first-order valence-electron chi connectivity index (χ1n) is 35.2. The van der Waals surface area contributed by atoms with E-state index in [1.165, 1.54) is 33.0 Å². The number of fused-ring (bicyclic) bond motifs is 18. The molecule has 0 spiro atoms. The number of pyridine rings is 2. The third-order valence-electron chi connectivity index (χ3n) is 20.9. The van der Waals surface area contributed by atoms with E-state index in [1.54, 1.807) is 0 Å². The van der Waals surface area contributed by atoms with Crippen LogP contribution in [0.5, 0.6) is 0 Å². The highest BCUT2D eigenvalue weighted by Gasteiger charge is 2.25. The quantitative estimate of drug-likeness (QED) is 0.141. The predicted molar refractivity (Wildman–Crippen MR) is 431 cm³/mol. The Bertz CT molecular complexity index is 7200. The summed E-state index contributed by atoms with van der Waals surface area (Å²) in [7, 11) is 0. The highest BCUT2D eigenvalue weighted by molar-refractivity contribution is 6.30. The van der Waals surface area contributed by atoms with E-state index in [-0.39, 0.29) is 0 Å². The Balaban J connectivity index is 0.000000134. The molecule has 16 aromatic carbocycles. The summed E-state index contributed by atoms with van der Waals surface area (Å²) in [6.45, 7) is 0. The molecule has 0 radical (unpaired) electrons. The molecular formula is C98H58N2O4. The lowest BCUT2D eigenvalue weighted by atomic mass is 9.89. The molecule has 22 rings (SSSR count). The van der Waals surface area contributed by atoms with Gasteiger partial charge in [-0.25, -0.2) is 9.97 Å². The van der Waals surface area contributed by atoms with Gasteiger partial charge in [0.25, 0.3) is 0 Å².